The molecule has 1 amide bonds. The average molecular weight is 367 g/mol. The minimum absolute atomic E-state index is 0.0833. The van der Waals surface area contributed by atoms with Crippen molar-refractivity contribution >= 4 is 23.2 Å². The molecule has 27 heavy (non-hydrogen) atoms. The highest BCUT2D eigenvalue weighted by Gasteiger charge is 2.36. The zero-order chi connectivity index (χ0) is 19.1. The van der Waals surface area contributed by atoms with Crippen molar-refractivity contribution in [2.24, 2.45) is 4.99 Å². The zero-order valence-electron chi connectivity index (χ0n) is 14.1. The van der Waals surface area contributed by atoms with Crippen LogP contribution in [0.1, 0.15) is 10.4 Å². The first-order valence-corrected chi connectivity index (χ1v) is 8.00. The van der Waals surface area contributed by atoms with Gasteiger partial charge < -0.3 is 9.15 Å². The lowest BCUT2D eigenvalue weighted by Crippen LogP contribution is -2.41. The maximum absolute atomic E-state index is 12.9. The van der Waals surface area contributed by atoms with Crippen LogP contribution in [-0.4, -0.2) is 41.3 Å². The van der Waals surface area contributed by atoms with E-state index in [0.29, 0.717) is 16.7 Å². The standard InChI is InChI=1S/C18H13N3O6/c1-26-12-3-5-16-10(6-12)7-13(18(23)27-16)17(22)20-9-19-14-8-11(21(24)25)2-4-15(14)20/h2-9,14-15H,1H3. The minimum Gasteiger partial charge on any atom is -0.497 e. The van der Waals surface area contributed by atoms with Crippen LogP contribution in [0.3, 0.4) is 0 Å². The van der Waals surface area contributed by atoms with Crippen LogP contribution in [0.25, 0.3) is 11.0 Å². The van der Waals surface area contributed by atoms with Crippen molar-refractivity contribution in [2.45, 2.75) is 12.1 Å². The van der Waals surface area contributed by atoms with E-state index in [1.807, 2.05) is 0 Å². The second kappa shape index (κ2) is 6.20. The number of aliphatic imine (C=N–C) groups is 1. The van der Waals surface area contributed by atoms with Gasteiger partial charge in [0.05, 0.1) is 24.4 Å². The Bertz CT molecular complexity index is 1110. The Balaban J connectivity index is 1.69. The van der Waals surface area contributed by atoms with Gasteiger partial charge in [-0.3, -0.25) is 24.8 Å². The Kier molecular flexibility index (Phi) is 3.84. The molecule has 136 valence electrons. The second-order valence-corrected chi connectivity index (χ2v) is 6.02. The summed E-state index contributed by atoms with van der Waals surface area (Å²) in [5.41, 5.74) is -0.669. The molecule has 0 spiro atoms. The molecule has 1 aliphatic carbocycles. The van der Waals surface area contributed by atoms with Crippen LogP contribution in [0.5, 0.6) is 5.75 Å². The highest BCUT2D eigenvalue weighted by atomic mass is 16.6. The van der Waals surface area contributed by atoms with Gasteiger partial charge in [0.15, 0.2) is 0 Å². The summed E-state index contributed by atoms with van der Waals surface area (Å²) >= 11 is 0. The Morgan fingerprint density at radius 2 is 2.19 bits per heavy atom. The molecule has 0 radical (unpaired) electrons. The van der Waals surface area contributed by atoms with Crippen LogP contribution in [0.4, 0.5) is 0 Å². The van der Waals surface area contributed by atoms with Crippen molar-refractivity contribution in [1.29, 1.82) is 0 Å². The van der Waals surface area contributed by atoms with Gasteiger partial charge in [0.1, 0.15) is 22.9 Å². The maximum atomic E-state index is 12.9. The molecule has 4 rings (SSSR count). The number of amides is 1. The van der Waals surface area contributed by atoms with E-state index in [-0.39, 0.29) is 11.3 Å². The number of fused-ring (bicyclic) bond motifs is 2. The van der Waals surface area contributed by atoms with E-state index in [0.717, 1.165) is 0 Å². The summed E-state index contributed by atoms with van der Waals surface area (Å²) < 4.78 is 10.4. The van der Waals surface area contributed by atoms with Crippen LogP contribution in [0.2, 0.25) is 0 Å². The third-order valence-corrected chi connectivity index (χ3v) is 4.46. The number of carbonyl (C=O) groups is 1. The Hall–Kier alpha value is -3.75. The molecule has 2 heterocycles. The minimum atomic E-state index is -0.768. The molecule has 0 N–H and O–H groups in total. The lowest BCUT2D eigenvalue weighted by molar-refractivity contribution is -0.419. The van der Waals surface area contributed by atoms with E-state index in [9.17, 15) is 19.7 Å². The summed E-state index contributed by atoms with van der Waals surface area (Å²) in [5, 5.41) is 11.4. The summed E-state index contributed by atoms with van der Waals surface area (Å²) in [6.07, 6.45) is 5.52. The average Bonchev–Trinajstić information content (AvgIpc) is 3.09. The molecule has 1 aliphatic heterocycles. The fourth-order valence-corrected chi connectivity index (χ4v) is 3.08. The van der Waals surface area contributed by atoms with Gasteiger partial charge in [-0.15, -0.1) is 0 Å². The van der Waals surface area contributed by atoms with Gasteiger partial charge in [0, 0.05) is 17.5 Å². The number of benzene rings is 1. The zero-order valence-corrected chi connectivity index (χ0v) is 14.1. The monoisotopic (exact) mass is 367 g/mol. The number of methoxy groups -OCH3 is 1. The first kappa shape index (κ1) is 16.7. The van der Waals surface area contributed by atoms with Crippen LogP contribution >= 0.6 is 0 Å². The molecular weight excluding hydrogens is 354 g/mol. The molecule has 1 aromatic carbocycles. The van der Waals surface area contributed by atoms with Crippen LogP contribution in [0, 0.1) is 10.1 Å². The number of rotatable bonds is 3. The summed E-state index contributed by atoms with van der Waals surface area (Å²) in [5.74, 6) is -0.0301. The Morgan fingerprint density at radius 1 is 1.37 bits per heavy atom. The second-order valence-electron chi connectivity index (χ2n) is 6.02. The topological polar surface area (TPSA) is 115 Å². The Labute approximate surface area is 152 Å². The van der Waals surface area contributed by atoms with Crippen LogP contribution in [-0.2, 0) is 0 Å². The molecule has 9 heteroatoms. The third kappa shape index (κ3) is 2.78. The number of carbonyl (C=O) groups excluding carboxylic acids is 1. The largest absolute Gasteiger partial charge is 0.497 e. The van der Waals surface area contributed by atoms with Crippen molar-refractivity contribution in [3.63, 3.8) is 0 Å². The SMILES string of the molecule is COc1ccc2oc(=O)c(C(=O)N3C=NC4C=C([N+](=O)[O-])C=CC43)cc2c1. The summed E-state index contributed by atoms with van der Waals surface area (Å²) in [6.45, 7) is 0. The molecule has 2 aliphatic rings. The normalized spacial score (nSPS) is 20.5. The fraction of sp³-hybridized carbons (Fsp3) is 0.167. The van der Waals surface area contributed by atoms with E-state index in [4.69, 9.17) is 9.15 Å². The summed E-state index contributed by atoms with van der Waals surface area (Å²) in [6, 6.07) is 5.25. The predicted molar refractivity (Wildman–Crippen MR) is 95.5 cm³/mol. The third-order valence-electron chi connectivity index (χ3n) is 4.46. The number of hydrogen-bond donors (Lipinski definition) is 0. The molecule has 0 fully saturated rings. The van der Waals surface area contributed by atoms with Gasteiger partial charge >= 0.3 is 5.63 Å². The molecule has 0 saturated carbocycles. The summed E-state index contributed by atoms with van der Waals surface area (Å²) in [7, 11) is 1.51. The van der Waals surface area contributed by atoms with Crippen molar-refractivity contribution in [2.75, 3.05) is 7.11 Å². The molecule has 2 aromatic rings. The Morgan fingerprint density at radius 3 is 2.93 bits per heavy atom. The highest BCUT2D eigenvalue weighted by molar-refractivity contribution is 6.03. The molecular formula is C18H13N3O6. The lowest BCUT2D eigenvalue weighted by atomic mass is 10.0. The van der Waals surface area contributed by atoms with Crippen LogP contribution < -0.4 is 10.4 Å². The van der Waals surface area contributed by atoms with E-state index in [1.165, 1.54) is 42.6 Å². The number of nitro groups is 1. The van der Waals surface area contributed by atoms with Gasteiger partial charge in [-0.05, 0) is 24.3 Å². The predicted octanol–water partition coefficient (Wildman–Crippen LogP) is 1.75. The smallest absolute Gasteiger partial charge is 0.349 e. The summed E-state index contributed by atoms with van der Waals surface area (Å²) in [4.78, 5) is 40.9. The van der Waals surface area contributed by atoms with Crippen LogP contribution in [0.15, 0.2) is 62.4 Å². The van der Waals surface area contributed by atoms with Gasteiger partial charge in [0.2, 0.25) is 0 Å². The molecule has 0 saturated heterocycles. The molecule has 2 atom stereocenters. The molecule has 9 nitrogen and oxygen atoms in total. The van der Waals surface area contributed by atoms with Crippen molar-refractivity contribution < 1.29 is 18.9 Å². The van der Waals surface area contributed by atoms with Gasteiger partial charge in [-0.1, -0.05) is 6.08 Å². The van der Waals surface area contributed by atoms with Gasteiger partial charge in [0.25, 0.3) is 11.6 Å². The van der Waals surface area contributed by atoms with Crippen molar-refractivity contribution in [3.8, 4) is 5.75 Å². The van der Waals surface area contributed by atoms with E-state index >= 15 is 0 Å². The van der Waals surface area contributed by atoms with Gasteiger partial charge in [-0.2, -0.15) is 0 Å². The molecule has 0 bridgehead atoms. The first-order chi connectivity index (χ1) is 13.0. The molecule has 1 aromatic heterocycles. The number of nitrogens with zero attached hydrogens (tertiary/aromatic N) is 3. The van der Waals surface area contributed by atoms with E-state index in [2.05, 4.69) is 4.99 Å². The maximum Gasteiger partial charge on any atom is 0.349 e. The molecule has 2 unspecified atom stereocenters. The fourth-order valence-electron chi connectivity index (χ4n) is 3.08. The van der Waals surface area contributed by atoms with Gasteiger partial charge in [-0.25, -0.2) is 4.79 Å². The number of allylic oxidation sites excluding steroid dienone is 1. The number of hydrogen-bond acceptors (Lipinski definition) is 7. The lowest BCUT2D eigenvalue weighted by Gasteiger charge is -2.23. The van der Waals surface area contributed by atoms with Crippen molar-refractivity contribution in [1.82, 2.24) is 4.90 Å². The quantitative estimate of drug-likeness (QED) is 0.464. The van der Waals surface area contributed by atoms with Crippen molar-refractivity contribution in [3.05, 3.63) is 74.3 Å². The highest BCUT2D eigenvalue weighted by Crippen LogP contribution is 2.25. The van der Waals surface area contributed by atoms with E-state index < -0.39 is 28.5 Å². The first-order valence-electron chi connectivity index (χ1n) is 8.00. The van der Waals surface area contributed by atoms with E-state index in [1.54, 1.807) is 18.2 Å². The number of ether oxygens (including phenoxy) is 1.